The highest BCUT2D eigenvalue weighted by Gasteiger charge is 2.30. The number of carbonyl (C=O) groups excluding carboxylic acids is 4. The van der Waals surface area contributed by atoms with Crippen molar-refractivity contribution in [2.45, 2.75) is 117 Å². The van der Waals surface area contributed by atoms with Crippen molar-refractivity contribution < 1.29 is 33.4 Å². The van der Waals surface area contributed by atoms with Crippen LogP contribution < -0.4 is 16.4 Å². The van der Waals surface area contributed by atoms with Gasteiger partial charge in [-0.3, -0.25) is 4.79 Å². The Labute approximate surface area is 232 Å². The van der Waals surface area contributed by atoms with E-state index in [2.05, 4.69) is 17.6 Å². The Bertz CT molecular complexity index is 934. The van der Waals surface area contributed by atoms with Crippen molar-refractivity contribution >= 4 is 23.9 Å². The molecule has 0 fully saturated rings. The lowest BCUT2D eigenvalue weighted by atomic mass is 10.1. The first kappa shape index (κ1) is 33.9. The second-order valence-corrected chi connectivity index (χ2v) is 11.4. The Morgan fingerprint density at radius 2 is 1.33 bits per heavy atom. The normalized spacial score (nSPS) is 13.1. The van der Waals surface area contributed by atoms with E-state index in [0.29, 0.717) is 25.8 Å². The molecule has 10 nitrogen and oxygen atoms in total. The van der Waals surface area contributed by atoms with Gasteiger partial charge in [0.25, 0.3) is 0 Å². The predicted molar refractivity (Wildman–Crippen MR) is 149 cm³/mol. The van der Waals surface area contributed by atoms with Crippen molar-refractivity contribution in [1.29, 1.82) is 0 Å². The number of esters is 3. The Morgan fingerprint density at radius 1 is 0.795 bits per heavy atom. The third-order valence-electron chi connectivity index (χ3n) is 5.40. The first-order chi connectivity index (χ1) is 18.1. The van der Waals surface area contributed by atoms with Crippen LogP contribution in [0.5, 0.6) is 0 Å². The van der Waals surface area contributed by atoms with Crippen LogP contribution in [0, 0.1) is 0 Å². The minimum absolute atomic E-state index is 0.0344. The molecule has 1 aromatic rings. The van der Waals surface area contributed by atoms with Gasteiger partial charge in [-0.05, 0) is 91.3 Å². The van der Waals surface area contributed by atoms with Crippen molar-refractivity contribution in [1.82, 2.24) is 10.6 Å². The average Bonchev–Trinajstić information content (AvgIpc) is 2.82. The summed E-state index contributed by atoms with van der Waals surface area (Å²) in [6.07, 6.45) is 2.34. The molecule has 0 aliphatic heterocycles. The first-order valence-corrected chi connectivity index (χ1v) is 13.6. The molecule has 0 unspecified atom stereocenters. The van der Waals surface area contributed by atoms with E-state index in [1.807, 2.05) is 24.3 Å². The molecule has 2 amide bonds. The largest absolute Gasteiger partial charge is 0.460 e. The highest BCUT2D eigenvalue weighted by molar-refractivity contribution is 5.87. The van der Waals surface area contributed by atoms with E-state index >= 15 is 0 Å². The van der Waals surface area contributed by atoms with Gasteiger partial charge in [-0.25, -0.2) is 14.4 Å². The van der Waals surface area contributed by atoms with Crippen molar-refractivity contribution in [2.75, 3.05) is 6.54 Å². The van der Waals surface area contributed by atoms with Crippen molar-refractivity contribution in [3.05, 3.63) is 35.4 Å². The zero-order valence-corrected chi connectivity index (χ0v) is 24.6. The SMILES string of the molecule is CCc1ccc(COC(=O)[C@H](CCCCN)NC(=O)N[C@@H](CCC(=O)OC(C)(C)C)C(=O)OC(C)(C)C)cc1. The molecule has 10 heteroatoms. The van der Waals surface area contributed by atoms with Gasteiger partial charge in [0, 0.05) is 6.42 Å². The van der Waals surface area contributed by atoms with Crippen molar-refractivity contribution in [3.8, 4) is 0 Å². The van der Waals surface area contributed by atoms with Gasteiger partial charge in [0.05, 0.1) is 0 Å². The van der Waals surface area contributed by atoms with Gasteiger partial charge in [-0.2, -0.15) is 0 Å². The first-order valence-electron chi connectivity index (χ1n) is 13.6. The fraction of sp³-hybridized carbons (Fsp3) is 0.655. The van der Waals surface area contributed by atoms with Crippen LogP contribution in [0.25, 0.3) is 0 Å². The number of benzene rings is 1. The number of aryl methyl sites for hydroxylation is 1. The van der Waals surface area contributed by atoms with E-state index in [0.717, 1.165) is 12.0 Å². The van der Waals surface area contributed by atoms with Gasteiger partial charge in [-0.1, -0.05) is 31.2 Å². The maximum atomic E-state index is 12.9. The molecule has 1 rings (SSSR count). The number of amides is 2. The molecular weight excluding hydrogens is 502 g/mol. The van der Waals surface area contributed by atoms with Crippen LogP contribution in [0.15, 0.2) is 24.3 Å². The van der Waals surface area contributed by atoms with E-state index in [4.69, 9.17) is 19.9 Å². The molecule has 1 aromatic carbocycles. The third-order valence-corrected chi connectivity index (χ3v) is 5.40. The second kappa shape index (κ2) is 16.1. The third kappa shape index (κ3) is 15.1. The predicted octanol–water partition coefficient (Wildman–Crippen LogP) is 3.92. The maximum absolute atomic E-state index is 12.9. The monoisotopic (exact) mass is 549 g/mol. The molecule has 0 aliphatic carbocycles. The summed E-state index contributed by atoms with van der Waals surface area (Å²) in [4.78, 5) is 50.8. The number of hydrogen-bond donors (Lipinski definition) is 3. The summed E-state index contributed by atoms with van der Waals surface area (Å²) in [5.41, 5.74) is 6.11. The molecule has 0 aliphatic rings. The summed E-state index contributed by atoms with van der Waals surface area (Å²) in [7, 11) is 0. The molecule has 0 heterocycles. The van der Waals surface area contributed by atoms with Crippen LogP contribution >= 0.6 is 0 Å². The molecule has 0 saturated heterocycles. The summed E-state index contributed by atoms with van der Waals surface area (Å²) in [6.45, 7) is 12.9. The quantitative estimate of drug-likeness (QED) is 0.180. The molecule has 4 N–H and O–H groups in total. The Balaban J connectivity index is 2.89. The van der Waals surface area contributed by atoms with Crippen LogP contribution in [0.1, 0.15) is 91.7 Å². The number of nitrogens with one attached hydrogen (secondary N) is 2. The second-order valence-electron chi connectivity index (χ2n) is 11.4. The summed E-state index contributed by atoms with van der Waals surface area (Å²) in [6, 6.07) is 4.91. The minimum Gasteiger partial charge on any atom is -0.460 e. The van der Waals surface area contributed by atoms with E-state index < -0.39 is 47.2 Å². The molecule has 0 spiro atoms. The van der Waals surface area contributed by atoms with Gasteiger partial charge in [0.1, 0.15) is 29.9 Å². The molecule has 0 bridgehead atoms. The van der Waals surface area contributed by atoms with Gasteiger partial charge >= 0.3 is 23.9 Å². The molecule has 2 atom stereocenters. The van der Waals surface area contributed by atoms with Crippen molar-refractivity contribution in [2.24, 2.45) is 5.73 Å². The molecule has 220 valence electrons. The van der Waals surface area contributed by atoms with Crippen LogP contribution in [0.3, 0.4) is 0 Å². The van der Waals surface area contributed by atoms with Gasteiger partial charge in [-0.15, -0.1) is 0 Å². The number of nitrogens with two attached hydrogens (primary N) is 1. The van der Waals surface area contributed by atoms with Gasteiger partial charge in [0.15, 0.2) is 0 Å². The van der Waals surface area contributed by atoms with Gasteiger partial charge < -0.3 is 30.6 Å². The summed E-state index contributed by atoms with van der Waals surface area (Å²) in [5.74, 6) is -1.79. The van der Waals surface area contributed by atoms with E-state index in [1.54, 1.807) is 41.5 Å². The van der Waals surface area contributed by atoms with E-state index in [1.165, 1.54) is 5.56 Å². The fourth-order valence-electron chi connectivity index (χ4n) is 3.50. The zero-order valence-electron chi connectivity index (χ0n) is 24.6. The summed E-state index contributed by atoms with van der Waals surface area (Å²) < 4.78 is 16.2. The highest BCUT2D eigenvalue weighted by atomic mass is 16.6. The standard InChI is InChI=1S/C29H47N3O7/c1-8-20-12-14-21(15-13-20)19-37-25(34)22(11-9-10-18-30)31-27(36)32-23(26(35)39-29(5,6)7)16-17-24(33)38-28(2,3)4/h12-15,22-23H,8-11,16-19,30H2,1-7H3,(H2,31,32,36)/t22-,23-/m0/s1. The Kier molecular flexibility index (Phi) is 14.0. The molecule has 39 heavy (non-hydrogen) atoms. The lowest BCUT2D eigenvalue weighted by Gasteiger charge is -2.26. The Morgan fingerprint density at radius 3 is 1.85 bits per heavy atom. The molecule has 0 radical (unpaired) electrons. The molecular formula is C29H47N3O7. The van der Waals surface area contributed by atoms with Crippen LogP contribution in [-0.4, -0.2) is 53.8 Å². The minimum atomic E-state index is -1.13. The summed E-state index contributed by atoms with van der Waals surface area (Å²) in [5, 5.41) is 5.17. The fourth-order valence-corrected chi connectivity index (χ4v) is 3.50. The Hall–Kier alpha value is -3.14. The average molecular weight is 550 g/mol. The van der Waals surface area contributed by atoms with E-state index in [-0.39, 0.29) is 19.4 Å². The van der Waals surface area contributed by atoms with Crippen molar-refractivity contribution in [3.63, 3.8) is 0 Å². The molecule has 0 saturated carbocycles. The number of rotatable bonds is 14. The topological polar surface area (TPSA) is 146 Å². The smallest absolute Gasteiger partial charge is 0.329 e. The lowest BCUT2D eigenvalue weighted by molar-refractivity contribution is -0.158. The van der Waals surface area contributed by atoms with Gasteiger partial charge in [0.2, 0.25) is 0 Å². The van der Waals surface area contributed by atoms with E-state index in [9.17, 15) is 19.2 Å². The summed E-state index contributed by atoms with van der Waals surface area (Å²) >= 11 is 0. The number of unbranched alkanes of at least 4 members (excludes halogenated alkanes) is 1. The van der Waals surface area contributed by atoms with Crippen LogP contribution in [0.4, 0.5) is 4.79 Å². The number of carbonyl (C=O) groups is 4. The maximum Gasteiger partial charge on any atom is 0.329 e. The number of urea groups is 1. The number of ether oxygens (including phenoxy) is 3. The highest BCUT2D eigenvalue weighted by Crippen LogP contribution is 2.14. The zero-order chi connectivity index (χ0) is 29.6. The lowest BCUT2D eigenvalue weighted by Crippen LogP contribution is -2.52. The van der Waals surface area contributed by atoms with Crippen LogP contribution in [0.2, 0.25) is 0 Å². The van der Waals surface area contributed by atoms with Crippen LogP contribution in [-0.2, 0) is 41.6 Å². The number of hydrogen-bond acceptors (Lipinski definition) is 8. The molecule has 0 aromatic heterocycles.